The maximum atomic E-state index is 14.0. The molecule has 0 aliphatic carbocycles. The highest BCUT2D eigenvalue weighted by molar-refractivity contribution is 5.98. The van der Waals surface area contributed by atoms with Gasteiger partial charge in [-0.2, -0.15) is 0 Å². The van der Waals surface area contributed by atoms with Gasteiger partial charge in [-0.15, -0.1) is 0 Å². The van der Waals surface area contributed by atoms with Gasteiger partial charge in [0, 0.05) is 12.8 Å². The van der Waals surface area contributed by atoms with Gasteiger partial charge in [0.15, 0.2) is 0 Å². The molecule has 0 aliphatic rings. The third-order valence-electron chi connectivity index (χ3n) is 9.36. The second-order valence-electron chi connectivity index (χ2n) is 15.9. The summed E-state index contributed by atoms with van der Waals surface area (Å²) in [6.07, 6.45) is -0.793. The minimum atomic E-state index is -1.68. The molecule has 0 bridgehead atoms. The summed E-state index contributed by atoms with van der Waals surface area (Å²) >= 11 is 0. The zero-order valence-electron chi connectivity index (χ0n) is 36.4. The van der Waals surface area contributed by atoms with Crippen LogP contribution in [0.4, 0.5) is 0 Å². The van der Waals surface area contributed by atoms with Crippen LogP contribution >= 0.6 is 0 Å². The topological polar surface area (TPSA) is 399 Å². The molecule has 0 unspecified atom stereocenters. The lowest BCUT2D eigenvalue weighted by Crippen LogP contribution is -2.61. The molecule has 0 aromatic heterocycles. The van der Waals surface area contributed by atoms with Crippen molar-refractivity contribution in [3.05, 3.63) is 29.8 Å². The average Bonchev–Trinajstić information content (AvgIpc) is 3.19. The number of phenolic OH excluding ortho intramolecular Hbond substituents is 1. The Hall–Kier alpha value is -6.36. The fraction of sp³-hybridized carbons (Fsp3) is 0.600. The van der Waals surface area contributed by atoms with Gasteiger partial charge in [0.05, 0.1) is 19.0 Å². The molecule has 0 radical (unpaired) electrons. The highest BCUT2D eigenvalue weighted by Crippen LogP contribution is 2.14. The third-order valence-corrected chi connectivity index (χ3v) is 9.36. The Morgan fingerprint density at radius 3 is 1.68 bits per heavy atom. The van der Waals surface area contributed by atoms with Gasteiger partial charge in [-0.1, -0.05) is 39.8 Å². The number of hydrogen-bond acceptors (Lipinski definition) is 13. The summed E-state index contributed by atoms with van der Waals surface area (Å²) in [4.78, 5) is 129. The van der Waals surface area contributed by atoms with Gasteiger partial charge in [0.25, 0.3) is 0 Å². The highest BCUT2D eigenvalue weighted by Gasteiger charge is 2.35. The minimum Gasteiger partial charge on any atom is -0.508 e. The van der Waals surface area contributed by atoms with E-state index >= 15 is 0 Å². The van der Waals surface area contributed by atoms with Crippen molar-refractivity contribution in [3.8, 4) is 5.75 Å². The third kappa shape index (κ3) is 21.3. The maximum Gasteiger partial charge on any atom is 0.326 e. The van der Waals surface area contributed by atoms with Gasteiger partial charge >= 0.3 is 5.97 Å². The van der Waals surface area contributed by atoms with Crippen molar-refractivity contribution in [3.63, 3.8) is 0 Å². The molecule has 0 heterocycles. The molecule has 0 aliphatic heterocycles. The molecule has 23 nitrogen and oxygen atoms in total. The van der Waals surface area contributed by atoms with Crippen LogP contribution in [-0.2, 0) is 54.4 Å². The van der Waals surface area contributed by atoms with Gasteiger partial charge in [0.2, 0.25) is 53.2 Å². The quantitative estimate of drug-likeness (QED) is 0.0346. The van der Waals surface area contributed by atoms with E-state index in [-0.39, 0.29) is 50.3 Å². The van der Waals surface area contributed by atoms with Gasteiger partial charge in [0.1, 0.15) is 42.0 Å². The smallest absolute Gasteiger partial charge is 0.326 e. The predicted molar refractivity (Wildman–Crippen MR) is 227 cm³/mol. The molecule has 0 saturated heterocycles. The number of carboxylic acid groups (broad SMARTS) is 1. The molecule has 9 amide bonds. The summed E-state index contributed by atoms with van der Waals surface area (Å²) in [5, 5.41) is 36.6. The molecule has 0 fully saturated rings. The molecule has 1 aromatic rings. The Labute approximate surface area is 365 Å². The predicted octanol–water partition coefficient (Wildman–Crippen LogP) is -3.64. The number of unbranched alkanes of at least 4 members (excludes halogenated alkanes) is 1. The zero-order chi connectivity index (χ0) is 48.0. The van der Waals surface area contributed by atoms with Gasteiger partial charge in [-0.25, -0.2) is 4.79 Å². The maximum absolute atomic E-state index is 14.0. The molecule has 7 atom stereocenters. The van der Waals surface area contributed by atoms with Gasteiger partial charge in [-0.05, 0) is 75.1 Å². The number of hydrogen-bond donors (Lipinski definition) is 13. The Morgan fingerprint density at radius 1 is 0.619 bits per heavy atom. The summed E-state index contributed by atoms with van der Waals surface area (Å²) in [7, 11) is 0. The number of phenols is 1. The van der Waals surface area contributed by atoms with Crippen LogP contribution in [0.1, 0.15) is 85.1 Å². The largest absolute Gasteiger partial charge is 0.508 e. The van der Waals surface area contributed by atoms with E-state index in [1.165, 1.54) is 31.2 Å². The summed E-state index contributed by atoms with van der Waals surface area (Å²) in [6, 6.07) is -4.03. The van der Waals surface area contributed by atoms with Crippen LogP contribution < -0.4 is 60.2 Å². The van der Waals surface area contributed by atoms with E-state index < -0.39 is 120 Å². The fourth-order valence-electron chi connectivity index (χ4n) is 5.94. The minimum absolute atomic E-state index is 0.00450. The first-order valence-corrected chi connectivity index (χ1v) is 20.6. The lowest BCUT2D eigenvalue weighted by atomic mass is 9.99. The van der Waals surface area contributed by atoms with Crippen molar-refractivity contribution >= 4 is 59.1 Å². The average molecular weight is 892 g/mol. The molecule has 1 aromatic carbocycles. The van der Waals surface area contributed by atoms with Crippen molar-refractivity contribution in [1.29, 1.82) is 0 Å². The molecule has 0 saturated carbocycles. The summed E-state index contributed by atoms with van der Waals surface area (Å²) in [5.74, 6) is -10.2. The van der Waals surface area contributed by atoms with Crippen LogP contribution in [0.2, 0.25) is 0 Å². The summed E-state index contributed by atoms with van der Waals surface area (Å²) < 4.78 is 0. The van der Waals surface area contributed by atoms with Crippen LogP contribution in [0, 0.1) is 11.8 Å². The molecule has 63 heavy (non-hydrogen) atoms. The van der Waals surface area contributed by atoms with Crippen molar-refractivity contribution in [2.75, 3.05) is 13.1 Å². The second kappa shape index (κ2) is 27.6. The number of aliphatic carboxylic acids is 1. The van der Waals surface area contributed by atoms with E-state index in [0.717, 1.165) is 0 Å². The van der Waals surface area contributed by atoms with Crippen molar-refractivity contribution < 1.29 is 58.2 Å². The Balaban J connectivity index is 3.44. The van der Waals surface area contributed by atoms with E-state index in [1.807, 2.05) is 0 Å². The first kappa shape index (κ1) is 54.7. The van der Waals surface area contributed by atoms with E-state index in [2.05, 4.69) is 37.2 Å². The Kier molecular flexibility index (Phi) is 23.9. The molecule has 352 valence electrons. The number of primary amides is 2. The van der Waals surface area contributed by atoms with Crippen LogP contribution in [0.15, 0.2) is 24.3 Å². The summed E-state index contributed by atoms with van der Waals surface area (Å²) in [6.45, 7) is 7.88. The number of rotatable bonds is 29. The van der Waals surface area contributed by atoms with E-state index in [9.17, 15) is 58.2 Å². The van der Waals surface area contributed by atoms with Gasteiger partial charge < -0.3 is 70.4 Å². The Morgan fingerprint density at radius 2 is 1.16 bits per heavy atom. The zero-order valence-corrected chi connectivity index (χ0v) is 36.4. The monoisotopic (exact) mass is 891 g/mol. The molecule has 23 heteroatoms. The number of carbonyl (C=O) groups excluding carboxylic acids is 9. The number of nitrogens with two attached hydrogens (primary N) is 4. The molecular weight excluding hydrogens is 827 g/mol. The normalized spacial score (nSPS) is 14.4. The molecular formula is C40H65N11O12. The van der Waals surface area contributed by atoms with Crippen molar-refractivity contribution in [2.45, 2.75) is 128 Å². The number of benzene rings is 1. The number of amides is 9. The van der Waals surface area contributed by atoms with Crippen molar-refractivity contribution in [1.82, 2.24) is 37.2 Å². The molecule has 1 rings (SSSR count). The fourth-order valence-corrected chi connectivity index (χ4v) is 5.94. The lowest BCUT2D eigenvalue weighted by molar-refractivity contribution is -0.142. The SMILES string of the molecule is CC(C)C[C@H](NC(=O)CNC(=O)[C@H](C)N)C(=O)N[C@@H](CCC(N)=O)C(=O)N[C@H](C(=O)N[C@@H](Cc1ccc(O)cc1)C(=O)N[C@@H](CC(N)=O)C(=O)N[C@@H](CCCCN)C(=O)O)C(C)C. The van der Waals surface area contributed by atoms with E-state index in [1.54, 1.807) is 27.7 Å². The first-order chi connectivity index (χ1) is 29.4. The van der Waals surface area contributed by atoms with E-state index in [4.69, 9.17) is 22.9 Å². The van der Waals surface area contributed by atoms with E-state index in [0.29, 0.717) is 18.4 Å². The number of nitrogens with one attached hydrogen (secondary N) is 7. The molecule has 17 N–H and O–H groups in total. The number of carboxylic acids is 1. The van der Waals surface area contributed by atoms with Crippen molar-refractivity contribution in [2.24, 2.45) is 34.8 Å². The van der Waals surface area contributed by atoms with Crippen LogP contribution in [-0.4, -0.2) is 125 Å². The standard InChI is InChI=1S/C40H65N11O12/c1-20(2)16-27(46-32(55)19-45-34(56)22(5)42)36(58)47-25(13-14-30(43)53)35(57)51-33(21(3)4)39(61)50-28(17-23-9-11-24(52)12-10-23)37(59)49-29(18-31(44)54)38(60)48-26(40(62)63)8-6-7-15-41/h9-12,20-22,25-29,33,52H,6-8,13-19,41-42H2,1-5H3,(H2,43,53)(H2,44,54)(H,45,56)(H,46,55)(H,47,58)(H,48,60)(H,49,59)(H,50,61)(H,51,57)(H,62,63)/t22-,25-,26-,27-,28-,29-,33-/m0/s1. The number of aromatic hydroxyl groups is 1. The highest BCUT2D eigenvalue weighted by atomic mass is 16.4. The van der Waals surface area contributed by atoms with Gasteiger partial charge in [-0.3, -0.25) is 43.2 Å². The van der Waals surface area contributed by atoms with Crippen LogP contribution in [0.3, 0.4) is 0 Å². The summed E-state index contributed by atoms with van der Waals surface area (Å²) in [5.41, 5.74) is 22.1. The van der Waals surface area contributed by atoms with Crippen LogP contribution in [0.5, 0.6) is 5.75 Å². The lowest BCUT2D eigenvalue weighted by Gasteiger charge is -2.29. The molecule has 0 spiro atoms. The van der Waals surface area contributed by atoms with Crippen LogP contribution in [0.25, 0.3) is 0 Å². The second-order valence-corrected chi connectivity index (χ2v) is 15.9. The number of carbonyl (C=O) groups is 10. The Bertz CT molecular complexity index is 1760. The first-order valence-electron chi connectivity index (χ1n) is 20.6.